The van der Waals surface area contributed by atoms with Crippen molar-refractivity contribution in [3.63, 3.8) is 0 Å². The van der Waals surface area contributed by atoms with Crippen molar-refractivity contribution in [2.24, 2.45) is 5.92 Å². The molecule has 218 valence electrons. The van der Waals surface area contributed by atoms with Crippen molar-refractivity contribution < 1.29 is 22.7 Å². The Morgan fingerprint density at radius 3 is 2.14 bits per heavy atom. The summed E-state index contributed by atoms with van der Waals surface area (Å²) in [6, 6.07) is 26.8. The number of hydrogen-bond donors (Lipinski definition) is 2. The van der Waals surface area contributed by atoms with E-state index in [1.165, 1.54) is 12.4 Å². The molecule has 0 radical (unpaired) electrons. The Balaban J connectivity index is 1.36. The van der Waals surface area contributed by atoms with E-state index in [2.05, 4.69) is 14.7 Å². The lowest BCUT2D eigenvalue weighted by atomic mass is 9.74. The lowest BCUT2D eigenvalue weighted by molar-refractivity contribution is -0.180. The number of carbonyl (C=O) groups excluding carboxylic acids is 2. The average molecular weight is 586 g/mol. The smallest absolute Gasteiger partial charge is 0.317 e. The number of nitrogens with one attached hydrogen (secondary N) is 2. The Morgan fingerprint density at radius 2 is 1.60 bits per heavy atom. The van der Waals surface area contributed by atoms with Crippen LogP contribution in [0.2, 0.25) is 0 Å². The number of aromatic amines is 1. The number of esters is 1. The summed E-state index contributed by atoms with van der Waals surface area (Å²) in [5.74, 6) is -2.07. The monoisotopic (exact) mass is 585 g/mol. The van der Waals surface area contributed by atoms with Crippen LogP contribution in [0.5, 0.6) is 0 Å². The predicted octanol–water partition coefficient (Wildman–Crippen LogP) is 5.84. The SMILES string of the molecule is CCC(c1cccc(NS(=O)(=O)c2ncc[nH]2)c1)C1C(=O)CC(CCc2ccccc2)(CCc2ccccc2)OC1=O. The van der Waals surface area contributed by atoms with E-state index in [4.69, 9.17) is 4.74 Å². The molecule has 1 saturated heterocycles. The summed E-state index contributed by atoms with van der Waals surface area (Å²) in [5.41, 5.74) is 2.37. The van der Waals surface area contributed by atoms with Gasteiger partial charge in [-0.05, 0) is 60.9 Å². The van der Waals surface area contributed by atoms with Crippen LogP contribution in [0.3, 0.4) is 0 Å². The maximum Gasteiger partial charge on any atom is 0.317 e. The van der Waals surface area contributed by atoms with E-state index in [0.717, 1.165) is 11.1 Å². The highest BCUT2D eigenvalue weighted by Gasteiger charge is 2.49. The van der Waals surface area contributed by atoms with E-state index in [0.29, 0.717) is 43.4 Å². The number of hydrogen-bond acceptors (Lipinski definition) is 6. The van der Waals surface area contributed by atoms with Crippen LogP contribution >= 0.6 is 0 Å². The average Bonchev–Trinajstić information content (AvgIpc) is 3.55. The van der Waals surface area contributed by atoms with Crippen LogP contribution in [0.4, 0.5) is 5.69 Å². The zero-order valence-corrected chi connectivity index (χ0v) is 24.3. The molecule has 8 nitrogen and oxygen atoms in total. The van der Waals surface area contributed by atoms with Gasteiger partial charge >= 0.3 is 5.97 Å². The predicted molar refractivity (Wildman–Crippen MR) is 160 cm³/mol. The molecule has 0 spiro atoms. The van der Waals surface area contributed by atoms with Gasteiger partial charge < -0.3 is 9.72 Å². The first-order chi connectivity index (χ1) is 20.3. The topological polar surface area (TPSA) is 118 Å². The van der Waals surface area contributed by atoms with Gasteiger partial charge in [0.2, 0.25) is 5.16 Å². The fourth-order valence-electron chi connectivity index (χ4n) is 5.80. The Labute approximate surface area is 246 Å². The first-order valence-corrected chi connectivity index (χ1v) is 15.7. The van der Waals surface area contributed by atoms with Crippen LogP contribution in [0.15, 0.2) is 102 Å². The second-order valence-electron chi connectivity index (χ2n) is 10.8. The summed E-state index contributed by atoms with van der Waals surface area (Å²) < 4.78 is 34.2. The van der Waals surface area contributed by atoms with Crippen LogP contribution in [-0.2, 0) is 37.2 Å². The van der Waals surface area contributed by atoms with Crippen LogP contribution in [-0.4, -0.2) is 35.7 Å². The Kier molecular flexibility index (Phi) is 8.87. The number of Topliss-reactive ketones (excluding diaryl/α,β-unsaturated/α-hetero) is 1. The minimum Gasteiger partial charge on any atom is -0.458 e. The Hall–Kier alpha value is -4.24. The summed E-state index contributed by atoms with van der Waals surface area (Å²) in [4.78, 5) is 34.0. The van der Waals surface area contributed by atoms with Gasteiger partial charge in [-0.15, -0.1) is 0 Å². The number of anilines is 1. The molecule has 42 heavy (non-hydrogen) atoms. The van der Waals surface area contributed by atoms with Crippen LogP contribution < -0.4 is 4.72 Å². The van der Waals surface area contributed by atoms with E-state index in [1.54, 1.807) is 18.2 Å². The summed E-state index contributed by atoms with van der Waals surface area (Å²) in [5, 5.41) is -0.201. The highest BCUT2D eigenvalue weighted by Crippen LogP contribution is 2.41. The fourth-order valence-corrected chi connectivity index (χ4v) is 6.75. The lowest BCUT2D eigenvalue weighted by Gasteiger charge is -2.41. The number of ether oxygens (including phenoxy) is 1. The third-order valence-electron chi connectivity index (χ3n) is 7.98. The van der Waals surface area contributed by atoms with Gasteiger partial charge in [0, 0.05) is 30.4 Å². The van der Waals surface area contributed by atoms with Crippen LogP contribution in [0, 0.1) is 5.92 Å². The Bertz CT molecular complexity index is 1540. The number of ketones is 1. The summed E-state index contributed by atoms with van der Waals surface area (Å²) in [6.07, 6.45) is 5.91. The largest absolute Gasteiger partial charge is 0.458 e. The number of nitrogens with zero attached hydrogens (tertiary/aromatic N) is 1. The highest BCUT2D eigenvalue weighted by molar-refractivity contribution is 7.92. The summed E-state index contributed by atoms with van der Waals surface area (Å²) in [6.45, 7) is 1.91. The van der Waals surface area contributed by atoms with Crippen molar-refractivity contribution in [2.45, 2.75) is 62.1 Å². The molecule has 3 aromatic carbocycles. The molecule has 2 heterocycles. The number of imidazole rings is 1. The molecule has 0 aliphatic carbocycles. The number of aromatic nitrogens is 2. The van der Waals surface area contributed by atoms with Crippen LogP contribution in [0.25, 0.3) is 0 Å². The zero-order chi connectivity index (χ0) is 29.6. The number of H-pyrrole nitrogens is 1. The number of sulfonamides is 1. The molecule has 2 atom stereocenters. The molecule has 1 aliphatic rings. The Morgan fingerprint density at radius 1 is 0.952 bits per heavy atom. The normalized spacial score (nSPS) is 17.4. The number of cyclic esters (lactones) is 1. The van der Waals surface area contributed by atoms with Gasteiger partial charge in [-0.1, -0.05) is 79.7 Å². The van der Waals surface area contributed by atoms with Crippen molar-refractivity contribution in [2.75, 3.05) is 4.72 Å². The number of benzene rings is 3. The number of aryl methyl sites for hydroxylation is 2. The van der Waals surface area contributed by atoms with Crippen molar-refractivity contribution >= 4 is 27.5 Å². The third kappa shape index (κ3) is 6.79. The highest BCUT2D eigenvalue weighted by atomic mass is 32.2. The molecule has 1 aromatic heterocycles. The van der Waals surface area contributed by atoms with Gasteiger partial charge in [0.1, 0.15) is 11.5 Å². The van der Waals surface area contributed by atoms with Gasteiger partial charge in [-0.2, -0.15) is 8.42 Å². The number of carbonyl (C=O) groups is 2. The third-order valence-corrected chi connectivity index (χ3v) is 9.21. The second-order valence-corrected chi connectivity index (χ2v) is 12.4. The molecule has 1 aliphatic heterocycles. The van der Waals surface area contributed by atoms with E-state index in [1.807, 2.05) is 73.7 Å². The standard InChI is InChI=1S/C33H35N3O5S/c1-2-28(26-14-9-15-27(22-26)36-42(39,40)32-34-20-21-35-32)30-29(37)23-33(41-31(30)38,18-16-24-10-5-3-6-11-24)19-17-25-12-7-4-8-13-25/h3-15,20-22,28,30,36H,2,16-19,23H2,1H3,(H,34,35). The molecule has 0 bridgehead atoms. The molecule has 2 N–H and O–H groups in total. The minimum atomic E-state index is -3.91. The molecule has 9 heteroatoms. The quantitative estimate of drug-likeness (QED) is 0.159. The van der Waals surface area contributed by atoms with Crippen molar-refractivity contribution in [1.29, 1.82) is 0 Å². The van der Waals surface area contributed by atoms with E-state index in [9.17, 15) is 18.0 Å². The lowest BCUT2D eigenvalue weighted by Crippen LogP contribution is -2.49. The van der Waals surface area contributed by atoms with Gasteiger partial charge in [-0.25, -0.2) is 4.98 Å². The van der Waals surface area contributed by atoms with E-state index < -0.39 is 33.4 Å². The van der Waals surface area contributed by atoms with Crippen molar-refractivity contribution in [3.8, 4) is 0 Å². The molecule has 5 rings (SSSR count). The van der Waals surface area contributed by atoms with Gasteiger partial charge in [-0.3, -0.25) is 14.3 Å². The molecular formula is C33H35N3O5S. The van der Waals surface area contributed by atoms with E-state index >= 15 is 0 Å². The second kappa shape index (κ2) is 12.7. The first kappa shape index (κ1) is 29.3. The summed E-state index contributed by atoms with van der Waals surface area (Å²) in [7, 11) is -3.91. The van der Waals surface area contributed by atoms with E-state index in [-0.39, 0.29) is 17.4 Å². The molecule has 0 saturated carbocycles. The van der Waals surface area contributed by atoms with Crippen LogP contribution in [0.1, 0.15) is 55.2 Å². The molecule has 1 fully saturated rings. The summed E-state index contributed by atoms with van der Waals surface area (Å²) >= 11 is 0. The molecule has 4 aromatic rings. The van der Waals surface area contributed by atoms with Crippen molar-refractivity contribution in [3.05, 3.63) is 114 Å². The van der Waals surface area contributed by atoms with Gasteiger partial charge in [0.05, 0.1) is 0 Å². The minimum absolute atomic E-state index is 0.138. The molecule has 0 amide bonds. The fraction of sp³-hybridized carbons (Fsp3) is 0.303. The first-order valence-electron chi connectivity index (χ1n) is 14.2. The van der Waals surface area contributed by atoms with Crippen molar-refractivity contribution in [1.82, 2.24) is 9.97 Å². The zero-order valence-electron chi connectivity index (χ0n) is 23.5. The molecular weight excluding hydrogens is 550 g/mol. The van der Waals surface area contributed by atoms with Gasteiger partial charge in [0.15, 0.2) is 5.78 Å². The number of rotatable bonds is 12. The molecule has 2 unspecified atom stereocenters. The maximum atomic E-state index is 13.9. The van der Waals surface area contributed by atoms with Gasteiger partial charge in [0.25, 0.3) is 10.0 Å². The maximum absolute atomic E-state index is 13.9.